The number of halogens is 1. The SMILES string of the molecule is CN(C)C(=O)C1NCCC1c1cccc(Cl)c1. The van der Waals surface area contributed by atoms with E-state index in [0.717, 1.165) is 23.6 Å². The minimum atomic E-state index is -0.122. The van der Waals surface area contributed by atoms with E-state index in [2.05, 4.69) is 5.32 Å². The van der Waals surface area contributed by atoms with Crippen molar-refractivity contribution in [3.63, 3.8) is 0 Å². The van der Waals surface area contributed by atoms with Crippen molar-refractivity contribution in [1.29, 1.82) is 0 Å². The monoisotopic (exact) mass is 252 g/mol. The fraction of sp³-hybridized carbons (Fsp3) is 0.462. The van der Waals surface area contributed by atoms with Gasteiger partial charge in [-0.25, -0.2) is 0 Å². The summed E-state index contributed by atoms with van der Waals surface area (Å²) in [6.07, 6.45) is 0.977. The molecule has 0 radical (unpaired) electrons. The highest BCUT2D eigenvalue weighted by atomic mass is 35.5. The first-order valence-electron chi connectivity index (χ1n) is 5.79. The molecule has 0 saturated carbocycles. The highest BCUT2D eigenvalue weighted by Gasteiger charge is 2.34. The van der Waals surface area contributed by atoms with Crippen molar-refractivity contribution in [2.75, 3.05) is 20.6 Å². The number of carbonyl (C=O) groups is 1. The number of benzene rings is 1. The average molecular weight is 253 g/mol. The maximum atomic E-state index is 12.0. The molecule has 1 amide bonds. The lowest BCUT2D eigenvalue weighted by atomic mass is 9.91. The minimum Gasteiger partial charge on any atom is -0.347 e. The summed E-state index contributed by atoms with van der Waals surface area (Å²) in [6.45, 7) is 0.876. The standard InChI is InChI=1S/C13H17ClN2O/c1-16(2)13(17)12-11(6-7-15-12)9-4-3-5-10(14)8-9/h3-5,8,11-12,15H,6-7H2,1-2H3. The summed E-state index contributed by atoms with van der Waals surface area (Å²) in [4.78, 5) is 13.7. The van der Waals surface area contributed by atoms with Crippen molar-refractivity contribution >= 4 is 17.5 Å². The van der Waals surface area contributed by atoms with E-state index in [4.69, 9.17) is 11.6 Å². The Hall–Kier alpha value is -1.06. The van der Waals surface area contributed by atoms with E-state index in [-0.39, 0.29) is 17.9 Å². The van der Waals surface area contributed by atoms with Gasteiger partial charge >= 0.3 is 0 Å². The van der Waals surface area contributed by atoms with Gasteiger partial charge in [0.05, 0.1) is 6.04 Å². The Bertz CT molecular complexity index is 420. The molecule has 3 nitrogen and oxygen atoms in total. The normalized spacial score (nSPS) is 23.7. The van der Waals surface area contributed by atoms with Crippen LogP contribution in [0.25, 0.3) is 0 Å². The number of hydrogen-bond donors (Lipinski definition) is 1. The van der Waals surface area contributed by atoms with Gasteiger partial charge in [-0.1, -0.05) is 23.7 Å². The Balaban J connectivity index is 2.23. The second kappa shape index (κ2) is 5.07. The molecule has 1 aliphatic heterocycles. The van der Waals surface area contributed by atoms with Gasteiger partial charge in [-0.3, -0.25) is 4.79 Å². The average Bonchev–Trinajstić information content (AvgIpc) is 2.76. The Morgan fingerprint density at radius 2 is 2.24 bits per heavy atom. The number of amides is 1. The molecule has 0 aliphatic carbocycles. The molecule has 1 aliphatic rings. The van der Waals surface area contributed by atoms with Crippen molar-refractivity contribution in [2.45, 2.75) is 18.4 Å². The van der Waals surface area contributed by atoms with Crippen LogP contribution in [0.5, 0.6) is 0 Å². The van der Waals surface area contributed by atoms with Gasteiger partial charge in [-0.15, -0.1) is 0 Å². The zero-order valence-electron chi connectivity index (χ0n) is 10.1. The molecule has 1 saturated heterocycles. The Morgan fingerprint density at radius 3 is 2.88 bits per heavy atom. The maximum Gasteiger partial charge on any atom is 0.239 e. The first kappa shape index (κ1) is 12.4. The summed E-state index contributed by atoms with van der Waals surface area (Å²) < 4.78 is 0. The van der Waals surface area contributed by atoms with Crippen molar-refractivity contribution in [2.24, 2.45) is 0 Å². The summed E-state index contributed by atoms with van der Waals surface area (Å²) in [7, 11) is 3.58. The number of likely N-dealkylation sites (N-methyl/N-ethyl adjacent to an activating group) is 1. The second-order valence-electron chi connectivity index (χ2n) is 4.61. The van der Waals surface area contributed by atoms with Crippen LogP contribution < -0.4 is 5.32 Å². The molecule has 4 heteroatoms. The van der Waals surface area contributed by atoms with Crippen LogP contribution in [-0.2, 0) is 4.79 Å². The molecule has 1 heterocycles. The van der Waals surface area contributed by atoms with Crippen molar-refractivity contribution in [3.8, 4) is 0 Å². The van der Waals surface area contributed by atoms with Gasteiger partial charge < -0.3 is 10.2 Å². The summed E-state index contributed by atoms with van der Waals surface area (Å²) >= 11 is 6.00. The van der Waals surface area contributed by atoms with E-state index in [1.165, 1.54) is 0 Å². The van der Waals surface area contributed by atoms with E-state index < -0.39 is 0 Å². The van der Waals surface area contributed by atoms with Crippen LogP contribution in [0.2, 0.25) is 5.02 Å². The Kier molecular flexibility index (Phi) is 3.69. The number of carbonyl (C=O) groups excluding carboxylic acids is 1. The van der Waals surface area contributed by atoms with Gasteiger partial charge in [-0.05, 0) is 30.7 Å². The topological polar surface area (TPSA) is 32.3 Å². The van der Waals surface area contributed by atoms with Gasteiger partial charge in [0.25, 0.3) is 0 Å². The molecule has 2 atom stereocenters. The van der Waals surface area contributed by atoms with Crippen LogP contribution in [0.4, 0.5) is 0 Å². The quantitative estimate of drug-likeness (QED) is 0.872. The van der Waals surface area contributed by atoms with Crippen LogP contribution in [0.1, 0.15) is 17.9 Å². The lowest BCUT2D eigenvalue weighted by Gasteiger charge is -2.22. The van der Waals surface area contributed by atoms with Crippen molar-refractivity contribution < 1.29 is 4.79 Å². The fourth-order valence-corrected chi connectivity index (χ4v) is 2.54. The molecule has 1 aromatic carbocycles. The molecular weight excluding hydrogens is 236 g/mol. The lowest BCUT2D eigenvalue weighted by Crippen LogP contribution is -2.42. The smallest absolute Gasteiger partial charge is 0.239 e. The third-order valence-corrected chi connectivity index (χ3v) is 3.44. The highest BCUT2D eigenvalue weighted by molar-refractivity contribution is 6.30. The molecule has 1 N–H and O–H groups in total. The molecule has 2 unspecified atom stereocenters. The van der Waals surface area contributed by atoms with Crippen LogP contribution in [0, 0.1) is 0 Å². The molecule has 92 valence electrons. The summed E-state index contributed by atoms with van der Waals surface area (Å²) in [5.41, 5.74) is 1.14. The zero-order valence-corrected chi connectivity index (χ0v) is 10.9. The number of hydrogen-bond acceptors (Lipinski definition) is 2. The van der Waals surface area contributed by atoms with E-state index in [0.29, 0.717) is 0 Å². The van der Waals surface area contributed by atoms with E-state index >= 15 is 0 Å². The Labute approximate surface area is 107 Å². The third-order valence-electron chi connectivity index (χ3n) is 3.21. The number of nitrogens with zero attached hydrogens (tertiary/aromatic N) is 1. The van der Waals surface area contributed by atoms with Gasteiger partial charge in [-0.2, -0.15) is 0 Å². The Morgan fingerprint density at radius 1 is 1.47 bits per heavy atom. The van der Waals surface area contributed by atoms with E-state index in [1.54, 1.807) is 19.0 Å². The molecule has 1 aromatic rings. The second-order valence-corrected chi connectivity index (χ2v) is 5.05. The third kappa shape index (κ3) is 2.61. The van der Waals surface area contributed by atoms with E-state index in [9.17, 15) is 4.79 Å². The minimum absolute atomic E-state index is 0.122. The first-order chi connectivity index (χ1) is 8.09. The molecule has 0 bridgehead atoms. The van der Waals surface area contributed by atoms with Crippen LogP contribution >= 0.6 is 11.6 Å². The molecular formula is C13H17ClN2O. The zero-order chi connectivity index (χ0) is 12.4. The summed E-state index contributed by atoms with van der Waals surface area (Å²) in [5, 5.41) is 4.00. The highest BCUT2D eigenvalue weighted by Crippen LogP contribution is 2.29. The van der Waals surface area contributed by atoms with Gasteiger partial charge in [0.1, 0.15) is 0 Å². The summed E-state index contributed by atoms with van der Waals surface area (Å²) in [5.74, 6) is 0.357. The van der Waals surface area contributed by atoms with Gasteiger partial charge in [0.2, 0.25) is 5.91 Å². The molecule has 2 rings (SSSR count). The number of nitrogens with one attached hydrogen (secondary N) is 1. The van der Waals surface area contributed by atoms with Crippen molar-refractivity contribution in [3.05, 3.63) is 34.9 Å². The number of rotatable bonds is 2. The van der Waals surface area contributed by atoms with E-state index in [1.807, 2.05) is 24.3 Å². The molecule has 0 spiro atoms. The largest absolute Gasteiger partial charge is 0.347 e. The fourth-order valence-electron chi connectivity index (χ4n) is 2.34. The predicted octanol–water partition coefficient (Wildman–Crippen LogP) is 1.87. The van der Waals surface area contributed by atoms with Gasteiger partial charge in [0.15, 0.2) is 0 Å². The predicted molar refractivity (Wildman–Crippen MR) is 69.3 cm³/mol. The molecule has 0 aromatic heterocycles. The lowest BCUT2D eigenvalue weighted by molar-refractivity contribution is -0.130. The summed E-state index contributed by atoms with van der Waals surface area (Å²) in [6, 6.07) is 7.67. The maximum absolute atomic E-state index is 12.0. The van der Waals surface area contributed by atoms with Crippen LogP contribution in [0.3, 0.4) is 0 Å². The van der Waals surface area contributed by atoms with Crippen LogP contribution in [0.15, 0.2) is 24.3 Å². The van der Waals surface area contributed by atoms with Gasteiger partial charge in [0, 0.05) is 25.0 Å². The molecule has 17 heavy (non-hydrogen) atoms. The van der Waals surface area contributed by atoms with Crippen LogP contribution in [-0.4, -0.2) is 37.5 Å². The first-order valence-corrected chi connectivity index (χ1v) is 6.17. The van der Waals surface area contributed by atoms with Crippen molar-refractivity contribution in [1.82, 2.24) is 10.2 Å². The molecule has 1 fully saturated rings.